The van der Waals surface area contributed by atoms with Crippen LogP contribution < -0.4 is 10.2 Å². The molecule has 2 bridgehead atoms. The van der Waals surface area contributed by atoms with Gasteiger partial charge in [0.1, 0.15) is 5.69 Å². The average molecular weight is 276 g/mol. The molecule has 1 aromatic carbocycles. The summed E-state index contributed by atoms with van der Waals surface area (Å²) in [6.07, 6.45) is 2.45. The van der Waals surface area contributed by atoms with Gasteiger partial charge in [-0.25, -0.2) is 0 Å². The quantitative estimate of drug-likeness (QED) is 0.675. The lowest BCUT2D eigenvalue weighted by molar-refractivity contribution is -0.383. The van der Waals surface area contributed by atoms with E-state index in [4.69, 9.17) is 0 Å². The van der Waals surface area contributed by atoms with E-state index in [1.165, 1.54) is 12.8 Å². The number of rotatable bonds is 3. The van der Waals surface area contributed by atoms with Gasteiger partial charge < -0.3 is 10.2 Å². The summed E-state index contributed by atoms with van der Waals surface area (Å²) in [5.41, 5.74) is 1.73. The average Bonchev–Trinajstić information content (AvgIpc) is 2.67. The molecule has 6 heteroatoms. The van der Waals surface area contributed by atoms with Crippen molar-refractivity contribution in [3.8, 4) is 0 Å². The highest BCUT2D eigenvalue weighted by molar-refractivity contribution is 5.79. The zero-order valence-corrected chi connectivity index (χ0v) is 11.9. The summed E-state index contributed by atoms with van der Waals surface area (Å²) < 4.78 is 0. The number of fused-ring (bicyclic) bond motifs is 2. The summed E-state index contributed by atoms with van der Waals surface area (Å²) in [5.74, 6) is 0. The fourth-order valence-electron chi connectivity index (χ4n) is 3.51. The van der Waals surface area contributed by atoms with Crippen LogP contribution in [-0.4, -0.2) is 49.1 Å². The SMILES string of the molecule is CNc1c(N2CC3CCC(C2)N3C)cccc1[N+](=O)[O-]. The lowest BCUT2D eigenvalue weighted by Crippen LogP contribution is -2.52. The lowest BCUT2D eigenvalue weighted by Gasteiger charge is -2.40. The van der Waals surface area contributed by atoms with Gasteiger partial charge in [-0.3, -0.25) is 15.0 Å². The molecule has 0 spiro atoms. The van der Waals surface area contributed by atoms with Crippen molar-refractivity contribution in [2.45, 2.75) is 24.9 Å². The Kier molecular flexibility index (Phi) is 3.25. The highest BCUT2D eigenvalue weighted by atomic mass is 16.6. The van der Waals surface area contributed by atoms with Gasteiger partial charge in [0.15, 0.2) is 0 Å². The maximum atomic E-state index is 11.1. The number of nitrogens with zero attached hydrogens (tertiary/aromatic N) is 3. The molecule has 2 aliphatic heterocycles. The monoisotopic (exact) mass is 276 g/mol. The summed E-state index contributed by atoms with van der Waals surface area (Å²) in [6.45, 7) is 1.89. The first kappa shape index (κ1) is 13.2. The number of likely N-dealkylation sites (N-methyl/N-ethyl adjacent to an activating group) is 1. The Morgan fingerprint density at radius 2 is 1.95 bits per heavy atom. The molecule has 2 fully saturated rings. The van der Waals surface area contributed by atoms with Crippen LogP contribution in [0.2, 0.25) is 0 Å². The van der Waals surface area contributed by atoms with Gasteiger partial charge in [0.25, 0.3) is 5.69 Å². The van der Waals surface area contributed by atoms with Gasteiger partial charge in [0.05, 0.1) is 10.6 Å². The zero-order valence-electron chi connectivity index (χ0n) is 11.9. The van der Waals surface area contributed by atoms with Crippen LogP contribution in [0.15, 0.2) is 18.2 Å². The molecule has 0 amide bonds. The third kappa shape index (κ3) is 2.00. The fourth-order valence-corrected chi connectivity index (χ4v) is 3.51. The van der Waals surface area contributed by atoms with E-state index in [0.29, 0.717) is 17.8 Å². The molecular formula is C14H20N4O2. The molecular weight excluding hydrogens is 256 g/mol. The van der Waals surface area contributed by atoms with Crippen molar-refractivity contribution in [1.82, 2.24) is 4.90 Å². The van der Waals surface area contributed by atoms with E-state index in [1.54, 1.807) is 19.2 Å². The smallest absolute Gasteiger partial charge is 0.294 e. The third-order valence-electron chi connectivity index (χ3n) is 4.66. The predicted molar refractivity (Wildman–Crippen MR) is 79.4 cm³/mol. The van der Waals surface area contributed by atoms with Crippen LogP contribution in [0, 0.1) is 10.1 Å². The topological polar surface area (TPSA) is 61.6 Å². The predicted octanol–water partition coefficient (Wildman–Crippen LogP) is 1.92. The lowest BCUT2D eigenvalue weighted by atomic mass is 10.1. The largest absolute Gasteiger partial charge is 0.381 e. The molecule has 2 unspecified atom stereocenters. The van der Waals surface area contributed by atoms with E-state index in [9.17, 15) is 10.1 Å². The third-order valence-corrected chi connectivity index (χ3v) is 4.66. The summed E-state index contributed by atoms with van der Waals surface area (Å²) in [5, 5.41) is 14.2. The van der Waals surface area contributed by atoms with Crippen LogP contribution in [-0.2, 0) is 0 Å². The minimum Gasteiger partial charge on any atom is -0.381 e. The molecule has 6 nitrogen and oxygen atoms in total. The highest BCUT2D eigenvalue weighted by Gasteiger charge is 2.38. The van der Waals surface area contributed by atoms with Crippen LogP contribution in [0.3, 0.4) is 0 Å². The van der Waals surface area contributed by atoms with Gasteiger partial charge in [-0.05, 0) is 26.0 Å². The van der Waals surface area contributed by atoms with Gasteiger partial charge in [-0.15, -0.1) is 0 Å². The molecule has 1 aromatic rings. The molecule has 0 radical (unpaired) electrons. The van der Waals surface area contributed by atoms with Crippen LogP contribution in [0.25, 0.3) is 0 Å². The van der Waals surface area contributed by atoms with Crippen LogP contribution in [0.4, 0.5) is 17.1 Å². The first-order valence-corrected chi connectivity index (χ1v) is 7.04. The van der Waals surface area contributed by atoms with Crippen molar-refractivity contribution in [2.24, 2.45) is 0 Å². The summed E-state index contributed by atoms with van der Waals surface area (Å²) in [4.78, 5) is 15.6. The number of para-hydroxylation sites is 1. The molecule has 3 rings (SSSR count). The van der Waals surface area contributed by atoms with E-state index >= 15 is 0 Å². The van der Waals surface area contributed by atoms with E-state index in [2.05, 4.69) is 22.2 Å². The van der Waals surface area contributed by atoms with E-state index in [1.807, 2.05) is 6.07 Å². The maximum absolute atomic E-state index is 11.1. The first-order valence-electron chi connectivity index (χ1n) is 7.04. The van der Waals surface area contributed by atoms with Gasteiger partial charge in [-0.2, -0.15) is 0 Å². The number of nitro groups is 1. The molecule has 20 heavy (non-hydrogen) atoms. The maximum Gasteiger partial charge on any atom is 0.294 e. The van der Waals surface area contributed by atoms with Crippen molar-refractivity contribution in [3.63, 3.8) is 0 Å². The highest BCUT2D eigenvalue weighted by Crippen LogP contribution is 2.38. The van der Waals surface area contributed by atoms with Crippen molar-refractivity contribution in [1.29, 1.82) is 0 Å². The number of nitro benzene ring substituents is 1. The van der Waals surface area contributed by atoms with Crippen molar-refractivity contribution in [2.75, 3.05) is 37.4 Å². The van der Waals surface area contributed by atoms with Gasteiger partial charge in [0.2, 0.25) is 0 Å². The summed E-state index contributed by atoms with van der Waals surface area (Å²) in [6, 6.07) is 6.44. The number of hydrogen-bond donors (Lipinski definition) is 1. The minimum atomic E-state index is -0.319. The Balaban J connectivity index is 1.95. The normalized spacial score (nSPS) is 25.8. The Morgan fingerprint density at radius 1 is 1.30 bits per heavy atom. The van der Waals surface area contributed by atoms with Crippen LogP contribution in [0.5, 0.6) is 0 Å². The standard InChI is InChI=1S/C14H20N4O2/c1-15-14-12(4-3-5-13(14)18(19)20)17-8-10-6-7-11(9-17)16(10)2/h3-5,10-11,15H,6-9H2,1-2H3. The number of hydrogen-bond acceptors (Lipinski definition) is 5. The second kappa shape index (κ2) is 4.94. The van der Waals surface area contributed by atoms with Crippen LogP contribution in [0.1, 0.15) is 12.8 Å². The molecule has 0 aliphatic carbocycles. The molecule has 2 saturated heterocycles. The number of nitrogens with one attached hydrogen (secondary N) is 1. The van der Waals surface area contributed by atoms with Crippen molar-refractivity contribution >= 4 is 17.1 Å². The van der Waals surface area contributed by atoms with E-state index in [-0.39, 0.29) is 10.6 Å². The molecule has 2 heterocycles. The second-order valence-corrected chi connectivity index (χ2v) is 5.63. The minimum absolute atomic E-state index is 0.149. The number of benzene rings is 1. The molecule has 1 N–H and O–H groups in total. The molecule has 2 atom stereocenters. The Hall–Kier alpha value is -1.82. The number of anilines is 2. The van der Waals surface area contributed by atoms with E-state index in [0.717, 1.165) is 18.8 Å². The van der Waals surface area contributed by atoms with Crippen LogP contribution >= 0.6 is 0 Å². The molecule has 0 aromatic heterocycles. The van der Waals surface area contributed by atoms with E-state index < -0.39 is 0 Å². The Labute approximate surface area is 118 Å². The first-order chi connectivity index (χ1) is 9.61. The van der Waals surface area contributed by atoms with Crippen molar-refractivity contribution in [3.05, 3.63) is 28.3 Å². The van der Waals surface area contributed by atoms with Gasteiger partial charge >= 0.3 is 0 Å². The molecule has 2 aliphatic rings. The summed E-state index contributed by atoms with van der Waals surface area (Å²) in [7, 11) is 3.93. The van der Waals surface area contributed by atoms with Crippen molar-refractivity contribution < 1.29 is 4.92 Å². The molecule has 0 saturated carbocycles. The Morgan fingerprint density at radius 3 is 2.50 bits per heavy atom. The number of piperazine rings is 1. The summed E-state index contributed by atoms with van der Waals surface area (Å²) >= 11 is 0. The Bertz CT molecular complexity index is 520. The molecule has 108 valence electrons. The fraction of sp³-hybridized carbons (Fsp3) is 0.571. The van der Waals surface area contributed by atoms with Gasteiger partial charge in [0, 0.05) is 38.3 Å². The zero-order chi connectivity index (χ0) is 14.3. The second-order valence-electron chi connectivity index (χ2n) is 5.63. The van der Waals surface area contributed by atoms with Gasteiger partial charge in [-0.1, -0.05) is 6.07 Å².